The molecule has 0 saturated carbocycles. The summed E-state index contributed by atoms with van der Waals surface area (Å²) in [5.74, 6) is 0.568. The number of hydrogen-bond donors (Lipinski definition) is 1. The molecule has 22 heavy (non-hydrogen) atoms. The topological polar surface area (TPSA) is 53.9 Å². The number of hydrogen-bond acceptors (Lipinski definition) is 5. The molecule has 0 unspecified atom stereocenters. The lowest BCUT2D eigenvalue weighted by molar-refractivity contribution is 1.13. The van der Waals surface area contributed by atoms with E-state index < -0.39 is 0 Å². The molecule has 3 rings (SSSR count). The molecular weight excluding hydrogens is 274 g/mol. The van der Waals surface area contributed by atoms with Crippen LogP contribution in [0.15, 0.2) is 61.1 Å². The highest BCUT2D eigenvalue weighted by Gasteiger charge is 2.03. The number of aromatic nitrogens is 3. The van der Waals surface area contributed by atoms with Gasteiger partial charge in [-0.15, -0.1) is 0 Å². The minimum Gasteiger partial charge on any atom is -0.378 e. The molecule has 2 heterocycles. The molecule has 0 aliphatic heterocycles. The third-order valence-electron chi connectivity index (χ3n) is 3.25. The van der Waals surface area contributed by atoms with Gasteiger partial charge in [-0.05, 0) is 42.5 Å². The Labute approximate surface area is 129 Å². The summed E-state index contributed by atoms with van der Waals surface area (Å²) >= 11 is 0. The van der Waals surface area contributed by atoms with Gasteiger partial charge in [0.25, 0.3) is 0 Å². The molecule has 0 spiro atoms. The van der Waals surface area contributed by atoms with Crippen molar-refractivity contribution in [2.75, 3.05) is 24.3 Å². The monoisotopic (exact) mass is 291 g/mol. The van der Waals surface area contributed by atoms with Gasteiger partial charge in [-0.25, -0.2) is 9.97 Å². The highest BCUT2D eigenvalue weighted by atomic mass is 15.1. The largest absolute Gasteiger partial charge is 0.378 e. The Morgan fingerprint density at radius 2 is 1.77 bits per heavy atom. The lowest BCUT2D eigenvalue weighted by atomic mass is 10.2. The molecule has 5 heteroatoms. The Morgan fingerprint density at radius 3 is 2.45 bits per heavy atom. The van der Waals surface area contributed by atoms with Crippen LogP contribution >= 0.6 is 0 Å². The lowest BCUT2D eigenvalue weighted by Gasteiger charge is -2.13. The molecule has 0 radical (unpaired) electrons. The van der Waals surface area contributed by atoms with E-state index in [1.165, 1.54) is 0 Å². The quantitative estimate of drug-likeness (QED) is 0.799. The second-order valence-electron chi connectivity index (χ2n) is 5.07. The van der Waals surface area contributed by atoms with Crippen molar-refractivity contribution < 1.29 is 0 Å². The Kier molecular flexibility index (Phi) is 3.96. The zero-order chi connectivity index (χ0) is 15.4. The van der Waals surface area contributed by atoms with E-state index >= 15 is 0 Å². The summed E-state index contributed by atoms with van der Waals surface area (Å²) < 4.78 is 0. The van der Waals surface area contributed by atoms with Gasteiger partial charge in [0.05, 0.1) is 5.69 Å². The van der Waals surface area contributed by atoms with E-state index in [-0.39, 0.29) is 0 Å². The number of anilines is 3. The summed E-state index contributed by atoms with van der Waals surface area (Å²) in [6.07, 6.45) is 5.28. The first kappa shape index (κ1) is 14.0. The molecule has 0 fully saturated rings. The van der Waals surface area contributed by atoms with Crippen molar-refractivity contribution in [1.82, 2.24) is 15.0 Å². The summed E-state index contributed by atoms with van der Waals surface area (Å²) in [6.45, 7) is 0. The maximum atomic E-state index is 4.52. The molecule has 1 aromatic carbocycles. The molecule has 0 amide bonds. The molecule has 3 aromatic rings. The van der Waals surface area contributed by atoms with E-state index in [2.05, 4.69) is 25.2 Å². The van der Waals surface area contributed by atoms with Gasteiger partial charge in [0, 0.05) is 49.6 Å². The number of rotatable bonds is 4. The van der Waals surface area contributed by atoms with Crippen molar-refractivity contribution >= 4 is 17.3 Å². The molecule has 1 N–H and O–H groups in total. The molecule has 0 aliphatic rings. The molecule has 110 valence electrons. The smallest absolute Gasteiger partial charge is 0.227 e. The van der Waals surface area contributed by atoms with Crippen LogP contribution < -0.4 is 10.2 Å². The van der Waals surface area contributed by atoms with Gasteiger partial charge in [0.1, 0.15) is 0 Å². The fourth-order valence-corrected chi connectivity index (χ4v) is 2.07. The van der Waals surface area contributed by atoms with Gasteiger partial charge in [0.15, 0.2) is 0 Å². The van der Waals surface area contributed by atoms with Crippen LogP contribution in [0.1, 0.15) is 0 Å². The number of nitrogens with one attached hydrogen (secondary N) is 1. The SMILES string of the molecule is CN(C)c1ccc(Nc2nccc(-c3cccnc3)n2)cc1. The van der Waals surface area contributed by atoms with Gasteiger partial charge in [-0.3, -0.25) is 4.98 Å². The minimum absolute atomic E-state index is 0.568. The molecular formula is C17H17N5. The van der Waals surface area contributed by atoms with Gasteiger partial charge >= 0.3 is 0 Å². The van der Waals surface area contributed by atoms with Crippen molar-refractivity contribution in [1.29, 1.82) is 0 Å². The summed E-state index contributed by atoms with van der Waals surface area (Å²) in [5, 5.41) is 3.22. The van der Waals surface area contributed by atoms with Gasteiger partial charge in [-0.2, -0.15) is 0 Å². The molecule has 2 aromatic heterocycles. The van der Waals surface area contributed by atoms with Crippen LogP contribution in [0.5, 0.6) is 0 Å². The van der Waals surface area contributed by atoms with E-state index in [0.29, 0.717) is 5.95 Å². The van der Waals surface area contributed by atoms with E-state index in [4.69, 9.17) is 0 Å². The van der Waals surface area contributed by atoms with Gasteiger partial charge in [-0.1, -0.05) is 0 Å². The van der Waals surface area contributed by atoms with Crippen molar-refractivity contribution in [3.63, 3.8) is 0 Å². The van der Waals surface area contributed by atoms with Crippen LogP contribution in [0.4, 0.5) is 17.3 Å². The lowest BCUT2D eigenvalue weighted by Crippen LogP contribution is -2.08. The average Bonchev–Trinajstić information content (AvgIpc) is 2.56. The highest BCUT2D eigenvalue weighted by molar-refractivity contribution is 5.62. The summed E-state index contributed by atoms with van der Waals surface area (Å²) in [7, 11) is 4.03. The van der Waals surface area contributed by atoms with E-state index in [9.17, 15) is 0 Å². The maximum absolute atomic E-state index is 4.52. The van der Waals surface area contributed by atoms with Crippen LogP contribution in [0.2, 0.25) is 0 Å². The van der Waals surface area contributed by atoms with E-state index in [1.807, 2.05) is 56.6 Å². The normalized spacial score (nSPS) is 10.3. The van der Waals surface area contributed by atoms with Crippen LogP contribution in [0, 0.1) is 0 Å². The maximum Gasteiger partial charge on any atom is 0.227 e. The Morgan fingerprint density at radius 1 is 0.955 bits per heavy atom. The second-order valence-corrected chi connectivity index (χ2v) is 5.07. The Hall–Kier alpha value is -2.95. The molecule has 0 saturated heterocycles. The standard InChI is InChI=1S/C17H17N5/c1-22(2)15-7-5-14(6-8-15)20-17-19-11-9-16(21-17)13-4-3-10-18-12-13/h3-12H,1-2H3,(H,19,20,21). The zero-order valence-corrected chi connectivity index (χ0v) is 12.6. The second kappa shape index (κ2) is 6.22. The third kappa shape index (κ3) is 3.20. The Balaban J connectivity index is 1.81. The molecule has 0 atom stereocenters. The summed E-state index contributed by atoms with van der Waals surface area (Å²) in [6, 6.07) is 13.9. The fraction of sp³-hybridized carbons (Fsp3) is 0.118. The van der Waals surface area contributed by atoms with Crippen LogP contribution in [-0.4, -0.2) is 29.0 Å². The number of nitrogens with zero attached hydrogens (tertiary/aromatic N) is 4. The van der Waals surface area contributed by atoms with Crippen molar-refractivity contribution in [2.45, 2.75) is 0 Å². The number of benzene rings is 1. The van der Waals surface area contributed by atoms with Crippen LogP contribution in [-0.2, 0) is 0 Å². The van der Waals surface area contributed by atoms with Crippen molar-refractivity contribution in [3.05, 3.63) is 61.1 Å². The van der Waals surface area contributed by atoms with Crippen LogP contribution in [0.3, 0.4) is 0 Å². The van der Waals surface area contributed by atoms with Gasteiger partial charge < -0.3 is 10.2 Å². The van der Waals surface area contributed by atoms with E-state index in [0.717, 1.165) is 22.6 Å². The van der Waals surface area contributed by atoms with Gasteiger partial charge in [0.2, 0.25) is 5.95 Å². The first-order valence-corrected chi connectivity index (χ1v) is 7.00. The predicted octanol–water partition coefficient (Wildman–Crippen LogP) is 3.35. The van der Waals surface area contributed by atoms with E-state index in [1.54, 1.807) is 18.6 Å². The molecule has 0 bridgehead atoms. The third-order valence-corrected chi connectivity index (χ3v) is 3.25. The first-order valence-electron chi connectivity index (χ1n) is 7.00. The molecule has 5 nitrogen and oxygen atoms in total. The summed E-state index contributed by atoms with van der Waals surface area (Å²) in [5.41, 5.74) is 3.91. The highest BCUT2D eigenvalue weighted by Crippen LogP contribution is 2.20. The number of pyridine rings is 1. The van der Waals surface area contributed by atoms with Crippen LogP contribution in [0.25, 0.3) is 11.3 Å². The fourth-order valence-electron chi connectivity index (χ4n) is 2.07. The molecule has 0 aliphatic carbocycles. The average molecular weight is 291 g/mol. The van der Waals surface area contributed by atoms with Crippen molar-refractivity contribution in [2.24, 2.45) is 0 Å². The minimum atomic E-state index is 0.568. The first-order chi connectivity index (χ1) is 10.7. The van der Waals surface area contributed by atoms with Crippen molar-refractivity contribution in [3.8, 4) is 11.3 Å². The Bertz CT molecular complexity index is 739. The predicted molar refractivity (Wildman–Crippen MR) is 89.3 cm³/mol. The zero-order valence-electron chi connectivity index (χ0n) is 12.6. The summed E-state index contributed by atoms with van der Waals surface area (Å²) in [4.78, 5) is 15.0.